The van der Waals surface area contributed by atoms with Gasteiger partial charge in [-0.1, -0.05) is 0 Å². The fourth-order valence-corrected chi connectivity index (χ4v) is 4.16. The molecule has 140 valence electrons. The van der Waals surface area contributed by atoms with Crippen LogP contribution >= 0.6 is 0 Å². The van der Waals surface area contributed by atoms with Crippen LogP contribution in [0.5, 0.6) is 17.2 Å². The van der Waals surface area contributed by atoms with Gasteiger partial charge in [-0.15, -0.1) is 0 Å². The Kier molecular flexibility index (Phi) is 4.14. The van der Waals surface area contributed by atoms with Crippen molar-refractivity contribution in [2.45, 2.75) is 33.7 Å². The van der Waals surface area contributed by atoms with Crippen LogP contribution in [-0.2, 0) is 13.0 Å². The lowest BCUT2D eigenvalue weighted by atomic mass is 9.96. The average Bonchev–Trinajstić information content (AvgIpc) is 3.01. The molecule has 0 radical (unpaired) electrons. The lowest BCUT2D eigenvalue weighted by Gasteiger charge is -2.22. The van der Waals surface area contributed by atoms with Crippen LogP contribution in [0.25, 0.3) is 22.4 Å². The topological polar surface area (TPSA) is 43.6 Å². The van der Waals surface area contributed by atoms with Gasteiger partial charge in [0.1, 0.15) is 5.75 Å². The SMILES string of the molecule is COc1cc2c(cc1OC)-c1cc(-c3cc(C)c(O)c(C)c3)c(C)n1CC2. The van der Waals surface area contributed by atoms with Crippen LogP contribution in [0.1, 0.15) is 22.4 Å². The maximum atomic E-state index is 10.1. The van der Waals surface area contributed by atoms with Crippen LogP contribution in [0, 0.1) is 20.8 Å². The van der Waals surface area contributed by atoms with Gasteiger partial charge < -0.3 is 19.1 Å². The van der Waals surface area contributed by atoms with E-state index in [1.165, 1.54) is 28.1 Å². The quantitative estimate of drug-likeness (QED) is 0.710. The molecule has 4 rings (SSSR count). The predicted octanol–water partition coefficient (Wildman–Crippen LogP) is 5.03. The third-order valence-electron chi connectivity index (χ3n) is 5.66. The van der Waals surface area contributed by atoms with Crippen LogP contribution in [0.15, 0.2) is 30.3 Å². The van der Waals surface area contributed by atoms with Crippen LogP contribution in [0.4, 0.5) is 0 Å². The van der Waals surface area contributed by atoms with Gasteiger partial charge in [0.15, 0.2) is 11.5 Å². The highest BCUT2D eigenvalue weighted by molar-refractivity contribution is 5.79. The van der Waals surface area contributed by atoms with Crippen molar-refractivity contribution in [3.8, 4) is 39.6 Å². The minimum atomic E-state index is 0.377. The Morgan fingerprint density at radius 1 is 0.852 bits per heavy atom. The molecule has 4 nitrogen and oxygen atoms in total. The zero-order valence-corrected chi connectivity index (χ0v) is 16.5. The number of aromatic nitrogens is 1. The number of hydrogen-bond donors (Lipinski definition) is 1. The van der Waals surface area contributed by atoms with E-state index in [1.54, 1.807) is 14.2 Å². The summed E-state index contributed by atoms with van der Waals surface area (Å²) in [6, 6.07) is 10.5. The van der Waals surface area contributed by atoms with Crippen LogP contribution in [0.3, 0.4) is 0 Å². The second-order valence-electron chi connectivity index (χ2n) is 7.25. The first-order chi connectivity index (χ1) is 12.9. The van der Waals surface area contributed by atoms with Crippen molar-refractivity contribution in [1.82, 2.24) is 4.57 Å². The molecule has 0 bridgehead atoms. The summed E-state index contributed by atoms with van der Waals surface area (Å²) in [5.74, 6) is 1.90. The molecule has 0 fully saturated rings. The Labute approximate surface area is 160 Å². The number of ether oxygens (including phenoxy) is 2. The van der Waals surface area contributed by atoms with Gasteiger partial charge in [-0.05, 0) is 79.8 Å². The largest absolute Gasteiger partial charge is 0.507 e. The third kappa shape index (κ3) is 2.67. The molecule has 3 aromatic rings. The molecule has 0 atom stereocenters. The molecule has 27 heavy (non-hydrogen) atoms. The molecule has 0 unspecified atom stereocenters. The van der Waals surface area contributed by atoms with Gasteiger partial charge in [0.05, 0.1) is 14.2 Å². The Hall–Kier alpha value is -2.88. The number of methoxy groups -OCH3 is 2. The normalized spacial score (nSPS) is 12.5. The van der Waals surface area contributed by atoms with Gasteiger partial charge in [-0.3, -0.25) is 0 Å². The molecule has 2 heterocycles. The van der Waals surface area contributed by atoms with Gasteiger partial charge in [0.25, 0.3) is 0 Å². The second-order valence-corrected chi connectivity index (χ2v) is 7.25. The summed E-state index contributed by atoms with van der Waals surface area (Å²) in [7, 11) is 3.35. The smallest absolute Gasteiger partial charge is 0.161 e. The highest BCUT2D eigenvalue weighted by Gasteiger charge is 2.23. The van der Waals surface area contributed by atoms with Crippen LogP contribution < -0.4 is 9.47 Å². The number of phenols is 1. The molecule has 0 saturated carbocycles. The summed E-state index contributed by atoms with van der Waals surface area (Å²) >= 11 is 0. The molecule has 0 spiro atoms. The van der Waals surface area contributed by atoms with Crippen molar-refractivity contribution >= 4 is 0 Å². The molecule has 0 saturated heterocycles. The number of rotatable bonds is 3. The zero-order chi connectivity index (χ0) is 19.3. The number of nitrogens with zero attached hydrogens (tertiary/aromatic N) is 1. The predicted molar refractivity (Wildman–Crippen MR) is 108 cm³/mol. The summed E-state index contributed by atoms with van der Waals surface area (Å²) < 4.78 is 13.4. The monoisotopic (exact) mass is 363 g/mol. The number of fused-ring (bicyclic) bond motifs is 3. The minimum absolute atomic E-state index is 0.377. The summed E-state index contributed by atoms with van der Waals surface area (Å²) in [5.41, 5.74) is 9.08. The zero-order valence-electron chi connectivity index (χ0n) is 16.5. The first kappa shape index (κ1) is 17.5. The molecule has 0 amide bonds. The third-order valence-corrected chi connectivity index (χ3v) is 5.66. The van der Waals surface area contributed by atoms with Crippen LogP contribution in [0.2, 0.25) is 0 Å². The van der Waals surface area contributed by atoms with E-state index in [1.807, 2.05) is 13.8 Å². The van der Waals surface area contributed by atoms with Gasteiger partial charge in [-0.25, -0.2) is 0 Å². The van der Waals surface area contributed by atoms with E-state index in [0.717, 1.165) is 41.2 Å². The van der Waals surface area contributed by atoms with Crippen molar-refractivity contribution in [1.29, 1.82) is 0 Å². The lowest BCUT2D eigenvalue weighted by molar-refractivity contribution is 0.354. The Balaban J connectivity index is 1.90. The Morgan fingerprint density at radius 3 is 2.11 bits per heavy atom. The highest BCUT2D eigenvalue weighted by atomic mass is 16.5. The first-order valence-electron chi connectivity index (χ1n) is 9.20. The summed E-state index contributed by atoms with van der Waals surface area (Å²) in [6.45, 7) is 7.01. The highest BCUT2D eigenvalue weighted by Crippen LogP contribution is 2.42. The molecule has 2 aromatic carbocycles. The summed E-state index contributed by atoms with van der Waals surface area (Å²) in [4.78, 5) is 0. The molecule has 1 aliphatic rings. The van der Waals surface area contributed by atoms with Crippen molar-refractivity contribution in [2.24, 2.45) is 0 Å². The molecular formula is C23H25NO3. The maximum Gasteiger partial charge on any atom is 0.161 e. The Bertz CT molecular complexity index is 1020. The number of benzene rings is 2. The van der Waals surface area contributed by atoms with E-state index in [0.29, 0.717) is 5.75 Å². The van der Waals surface area contributed by atoms with E-state index in [9.17, 15) is 5.11 Å². The number of aryl methyl sites for hydroxylation is 3. The minimum Gasteiger partial charge on any atom is -0.507 e. The fraction of sp³-hybridized carbons (Fsp3) is 0.304. The standard InChI is InChI=1S/C23H25NO3/c1-13-8-17(9-14(2)23(13)25)18-11-20-19-12-22(27-5)21(26-4)10-16(19)6-7-24(20)15(18)3/h8-12,25H,6-7H2,1-5H3. The molecule has 0 aliphatic carbocycles. The average molecular weight is 363 g/mol. The van der Waals surface area contributed by atoms with Gasteiger partial charge in [-0.2, -0.15) is 0 Å². The molecular weight excluding hydrogens is 338 g/mol. The van der Waals surface area contributed by atoms with Crippen molar-refractivity contribution < 1.29 is 14.6 Å². The van der Waals surface area contributed by atoms with Crippen molar-refractivity contribution in [3.63, 3.8) is 0 Å². The molecule has 4 heteroatoms. The van der Waals surface area contributed by atoms with Crippen LogP contribution in [-0.4, -0.2) is 23.9 Å². The first-order valence-corrected chi connectivity index (χ1v) is 9.20. The number of aromatic hydroxyl groups is 1. The summed E-state index contributed by atoms with van der Waals surface area (Å²) in [5, 5.41) is 10.1. The van der Waals surface area contributed by atoms with E-state index in [4.69, 9.17) is 9.47 Å². The van der Waals surface area contributed by atoms with Gasteiger partial charge in [0, 0.05) is 29.1 Å². The fourth-order valence-electron chi connectivity index (χ4n) is 4.16. The van der Waals surface area contributed by atoms with E-state index in [2.05, 4.69) is 41.8 Å². The van der Waals surface area contributed by atoms with Crippen molar-refractivity contribution in [2.75, 3.05) is 14.2 Å². The van der Waals surface area contributed by atoms with Gasteiger partial charge in [0.2, 0.25) is 0 Å². The van der Waals surface area contributed by atoms with E-state index in [-0.39, 0.29) is 0 Å². The number of phenolic OH excluding ortho intramolecular Hbond substituents is 1. The van der Waals surface area contributed by atoms with E-state index >= 15 is 0 Å². The van der Waals surface area contributed by atoms with Crippen molar-refractivity contribution in [3.05, 3.63) is 52.7 Å². The second kappa shape index (κ2) is 6.38. The Morgan fingerprint density at radius 2 is 1.48 bits per heavy atom. The maximum absolute atomic E-state index is 10.1. The lowest BCUT2D eigenvalue weighted by Crippen LogP contribution is -2.12. The summed E-state index contributed by atoms with van der Waals surface area (Å²) in [6.07, 6.45) is 0.964. The molecule has 1 aliphatic heterocycles. The molecule has 1 aromatic heterocycles. The molecule has 1 N–H and O–H groups in total. The van der Waals surface area contributed by atoms with Gasteiger partial charge >= 0.3 is 0 Å². The number of hydrogen-bond acceptors (Lipinski definition) is 3. The van der Waals surface area contributed by atoms with E-state index < -0.39 is 0 Å².